The molecule has 2 aromatic carbocycles. The predicted molar refractivity (Wildman–Crippen MR) is 147 cm³/mol. The number of benzene rings is 2. The molecule has 7 nitrogen and oxygen atoms in total. The van der Waals surface area contributed by atoms with Crippen molar-refractivity contribution < 1.29 is 19.4 Å². The van der Waals surface area contributed by atoms with Crippen LogP contribution in [0.25, 0.3) is 11.1 Å². The molecular formula is C30H33ClN2O5. The van der Waals surface area contributed by atoms with E-state index in [9.17, 15) is 19.5 Å². The molecule has 1 aliphatic rings. The molecule has 0 unspecified atom stereocenters. The van der Waals surface area contributed by atoms with Crippen LogP contribution in [0.3, 0.4) is 0 Å². The highest BCUT2D eigenvalue weighted by molar-refractivity contribution is 6.30. The number of nitrogens with one attached hydrogen (secondary N) is 1. The Morgan fingerprint density at radius 3 is 2.47 bits per heavy atom. The fourth-order valence-electron chi connectivity index (χ4n) is 5.22. The van der Waals surface area contributed by atoms with E-state index < -0.39 is 17.4 Å². The predicted octanol–water partition coefficient (Wildman–Crippen LogP) is 4.93. The van der Waals surface area contributed by atoms with Crippen LogP contribution in [0.4, 0.5) is 0 Å². The van der Waals surface area contributed by atoms with E-state index in [2.05, 4.69) is 5.32 Å². The van der Waals surface area contributed by atoms with Crippen molar-refractivity contribution >= 4 is 23.5 Å². The second-order valence-electron chi connectivity index (χ2n) is 9.98. The average molecular weight is 537 g/mol. The summed E-state index contributed by atoms with van der Waals surface area (Å²) >= 11 is 6.08. The molecule has 1 heterocycles. The van der Waals surface area contributed by atoms with E-state index in [1.54, 1.807) is 42.1 Å². The van der Waals surface area contributed by atoms with Crippen molar-refractivity contribution in [2.24, 2.45) is 5.41 Å². The summed E-state index contributed by atoms with van der Waals surface area (Å²) in [5, 5.41) is 13.2. The lowest BCUT2D eigenvalue weighted by molar-refractivity contribution is -0.144. The number of aliphatic carboxylic acids is 1. The number of carbonyl (C=O) groups is 2. The van der Waals surface area contributed by atoms with E-state index in [-0.39, 0.29) is 17.9 Å². The van der Waals surface area contributed by atoms with Crippen molar-refractivity contribution in [3.05, 3.63) is 93.4 Å². The minimum absolute atomic E-state index is 0.131. The average Bonchev–Trinajstić information content (AvgIpc) is 3.39. The Balaban J connectivity index is 1.47. The highest BCUT2D eigenvalue weighted by Gasteiger charge is 2.42. The van der Waals surface area contributed by atoms with Crippen LogP contribution in [0.5, 0.6) is 0 Å². The second kappa shape index (κ2) is 12.4. The SMILES string of the molecule is COCCC1(C(=O)N[C@@H](Cc2ccc(-c3cccn(Cc4cccc(Cl)c4)c3=O)cc2)C(=O)O)CCCC1. The molecule has 1 fully saturated rings. The maximum absolute atomic E-state index is 13.2. The molecule has 4 rings (SSSR count). The molecule has 2 N–H and O–H groups in total. The number of halogens is 1. The first-order chi connectivity index (χ1) is 18.3. The number of methoxy groups -OCH3 is 1. The Morgan fingerprint density at radius 1 is 1.08 bits per heavy atom. The third kappa shape index (κ3) is 6.52. The van der Waals surface area contributed by atoms with Gasteiger partial charge < -0.3 is 19.7 Å². The maximum atomic E-state index is 13.2. The molecule has 1 aliphatic carbocycles. The number of hydrogen-bond donors (Lipinski definition) is 2. The van der Waals surface area contributed by atoms with Gasteiger partial charge in [-0.05, 0) is 60.2 Å². The first kappa shape index (κ1) is 27.6. The van der Waals surface area contributed by atoms with E-state index in [0.29, 0.717) is 30.2 Å². The summed E-state index contributed by atoms with van der Waals surface area (Å²) in [6.07, 6.45) is 5.88. The van der Waals surface area contributed by atoms with Gasteiger partial charge in [0.25, 0.3) is 5.56 Å². The molecule has 1 amide bonds. The molecule has 1 saturated carbocycles. The Labute approximate surface area is 227 Å². The standard InChI is InChI=1S/C30H33ClN2O5/c1-38-17-15-30(13-2-3-14-30)29(37)32-26(28(35)36)19-21-9-11-23(12-10-21)25-8-5-16-33(27(25)34)20-22-6-4-7-24(31)18-22/h4-12,16,18,26H,2-3,13-15,17,19-20H2,1H3,(H,32,37)(H,35,36)/t26-/m0/s1. The number of rotatable bonds is 11. The van der Waals surface area contributed by atoms with Gasteiger partial charge in [-0.25, -0.2) is 4.79 Å². The summed E-state index contributed by atoms with van der Waals surface area (Å²) in [6.45, 7) is 0.865. The van der Waals surface area contributed by atoms with E-state index in [4.69, 9.17) is 16.3 Å². The fourth-order valence-corrected chi connectivity index (χ4v) is 5.43. The number of carbonyl (C=O) groups excluding carboxylic acids is 1. The van der Waals surface area contributed by atoms with Gasteiger partial charge in [-0.15, -0.1) is 0 Å². The van der Waals surface area contributed by atoms with Gasteiger partial charge in [-0.3, -0.25) is 9.59 Å². The van der Waals surface area contributed by atoms with Gasteiger partial charge in [-0.2, -0.15) is 0 Å². The Kier molecular flexibility index (Phi) is 9.02. The van der Waals surface area contributed by atoms with Gasteiger partial charge in [0, 0.05) is 36.9 Å². The van der Waals surface area contributed by atoms with Gasteiger partial charge in [0.2, 0.25) is 5.91 Å². The zero-order valence-corrected chi connectivity index (χ0v) is 22.2. The van der Waals surface area contributed by atoms with Crippen molar-refractivity contribution in [1.29, 1.82) is 0 Å². The number of carboxylic acid groups (broad SMARTS) is 1. The summed E-state index contributed by atoms with van der Waals surface area (Å²) in [4.78, 5) is 38.3. The van der Waals surface area contributed by atoms with E-state index in [1.807, 2.05) is 36.4 Å². The minimum Gasteiger partial charge on any atom is -0.480 e. The van der Waals surface area contributed by atoms with E-state index in [1.165, 1.54) is 0 Å². The third-order valence-electron chi connectivity index (χ3n) is 7.40. The molecule has 1 aromatic heterocycles. The van der Waals surface area contributed by atoms with Crippen LogP contribution in [0.1, 0.15) is 43.2 Å². The molecule has 0 spiro atoms. The highest BCUT2D eigenvalue weighted by atomic mass is 35.5. The second-order valence-corrected chi connectivity index (χ2v) is 10.4. The van der Waals surface area contributed by atoms with Gasteiger partial charge >= 0.3 is 5.97 Å². The molecule has 0 aliphatic heterocycles. The largest absolute Gasteiger partial charge is 0.480 e. The van der Waals surface area contributed by atoms with Crippen LogP contribution in [0, 0.1) is 5.41 Å². The summed E-state index contributed by atoms with van der Waals surface area (Å²) in [5.41, 5.74) is 2.27. The van der Waals surface area contributed by atoms with Gasteiger partial charge in [0.05, 0.1) is 12.0 Å². The molecule has 200 valence electrons. The molecule has 8 heteroatoms. The lowest BCUT2D eigenvalue weighted by atomic mass is 9.81. The van der Waals surface area contributed by atoms with Crippen LogP contribution in [-0.4, -0.2) is 41.3 Å². The monoisotopic (exact) mass is 536 g/mol. The van der Waals surface area contributed by atoms with Crippen molar-refractivity contribution in [2.45, 2.75) is 51.1 Å². The first-order valence-corrected chi connectivity index (χ1v) is 13.2. The van der Waals surface area contributed by atoms with Crippen LogP contribution in [-0.2, 0) is 27.3 Å². The summed E-state index contributed by atoms with van der Waals surface area (Å²) in [6, 6.07) is 17.2. The molecule has 3 aromatic rings. The van der Waals surface area contributed by atoms with E-state index in [0.717, 1.165) is 42.4 Å². The van der Waals surface area contributed by atoms with Gasteiger partial charge in [0.1, 0.15) is 6.04 Å². The topological polar surface area (TPSA) is 97.6 Å². The smallest absolute Gasteiger partial charge is 0.326 e. The Bertz CT molecular complexity index is 1330. The summed E-state index contributed by atoms with van der Waals surface area (Å²) in [7, 11) is 1.61. The number of hydrogen-bond acceptors (Lipinski definition) is 4. The molecule has 38 heavy (non-hydrogen) atoms. The van der Waals surface area contributed by atoms with Crippen LogP contribution in [0.2, 0.25) is 5.02 Å². The number of ether oxygens (including phenoxy) is 1. The normalized spacial score (nSPS) is 15.2. The van der Waals surface area contributed by atoms with Crippen molar-refractivity contribution in [2.75, 3.05) is 13.7 Å². The maximum Gasteiger partial charge on any atom is 0.326 e. The van der Waals surface area contributed by atoms with Crippen LogP contribution >= 0.6 is 11.6 Å². The van der Waals surface area contributed by atoms with Crippen molar-refractivity contribution in [3.8, 4) is 11.1 Å². The summed E-state index contributed by atoms with van der Waals surface area (Å²) in [5.74, 6) is -1.28. The van der Waals surface area contributed by atoms with Crippen molar-refractivity contribution in [1.82, 2.24) is 9.88 Å². The quantitative estimate of drug-likeness (QED) is 0.362. The third-order valence-corrected chi connectivity index (χ3v) is 7.63. The zero-order chi connectivity index (χ0) is 27.1. The van der Waals surface area contributed by atoms with E-state index >= 15 is 0 Å². The molecule has 0 saturated heterocycles. The Morgan fingerprint density at radius 2 is 1.82 bits per heavy atom. The highest BCUT2D eigenvalue weighted by Crippen LogP contribution is 2.41. The van der Waals surface area contributed by atoms with Gasteiger partial charge in [-0.1, -0.05) is 60.8 Å². The lowest BCUT2D eigenvalue weighted by Crippen LogP contribution is -2.49. The zero-order valence-electron chi connectivity index (χ0n) is 21.5. The number of aromatic nitrogens is 1. The van der Waals surface area contributed by atoms with Crippen molar-refractivity contribution in [3.63, 3.8) is 0 Å². The number of nitrogens with zero attached hydrogens (tertiary/aromatic N) is 1. The molecule has 1 atom stereocenters. The number of carboxylic acids is 1. The van der Waals surface area contributed by atoms with Crippen LogP contribution < -0.4 is 10.9 Å². The number of pyridine rings is 1. The number of amides is 1. The Hall–Kier alpha value is -3.42. The van der Waals surface area contributed by atoms with Gasteiger partial charge in [0.15, 0.2) is 0 Å². The first-order valence-electron chi connectivity index (χ1n) is 12.9. The lowest BCUT2D eigenvalue weighted by Gasteiger charge is -2.29. The fraction of sp³-hybridized carbons (Fsp3) is 0.367. The molecule has 0 bridgehead atoms. The minimum atomic E-state index is -1.07. The van der Waals surface area contributed by atoms with Crippen LogP contribution in [0.15, 0.2) is 71.7 Å². The molecule has 0 radical (unpaired) electrons. The summed E-state index contributed by atoms with van der Waals surface area (Å²) < 4.78 is 6.83. The molecular weight excluding hydrogens is 504 g/mol.